The number of carbonyl (C=O) groups excluding carboxylic acids is 1. The number of ketones is 1. The summed E-state index contributed by atoms with van der Waals surface area (Å²) in [6, 6.07) is 10.3. The molecule has 1 aromatic rings. The van der Waals surface area contributed by atoms with Gasteiger partial charge in [-0.3, -0.25) is 0 Å². The summed E-state index contributed by atoms with van der Waals surface area (Å²) in [6.07, 6.45) is 6.21. The number of hydrogen-bond donors (Lipinski definition) is 0. The van der Waals surface area contributed by atoms with Crippen LogP contribution in [-0.4, -0.2) is 20.7 Å². The second-order valence-corrected chi connectivity index (χ2v) is 5.99. The third-order valence-corrected chi connectivity index (χ3v) is 4.79. The Hall–Kier alpha value is -0.851. The van der Waals surface area contributed by atoms with E-state index >= 15 is 0 Å². The van der Waals surface area contributed by atoms with E-state index in [-0.39, 0.29) is 15.0 Å². The van der Waals surface area contributed by atoms with E-state index < -0.39 is 0 Å². The van der Waals surface area contributed by atoms with E-state index in [1.165, 1.54) is 10.9 Å². The van der Waals surface area contributed by atoms with Crippen LogP contribution in [0, 0.1) is 0 Å². The topological polar surface area (TPSA) is 17.1 Å². The van der Waals surface area contributed by atoms with Crippen LogP contribution in [0.5, 0.6) is 0 Å². The number of Topliss-reactive ketones (excluding diaryl/α,β-unsaturated/α-hetero) is 1. The molecular weight excluding hydrogens is 251 g/mol. The van der Waals surface area contributed by atoms with Gasteiger partial charge in [-0.05, 0) is 0 Å². The van der Waals surface area contributed by atoms with Gasteiger partial charge >= 0.3 is 96.6 Å². The average molecular weight is 265 g/mol. The van der Waals surface area contributed by atoms with Crippen molar-refractivity contribution in [2.24, 2.45) is 0 Å². The summed E-state index contributed by atoms with van der Waals surface area (Å²) in [5.74, 6) is 0.372. The van der Waals surface area contributed by atoms with Gasteiger partial charge in [0.05, 0.1) is 0 Å². The van der Waals surface area contributed by atoms with Gasteiger partial charge in [-0.2, -0.15) is 0 Å². The second kappa shape index (κ2) is 5.29. The summed E-state index contributed by atoms with van der Waals surface area (Å²) >= 11 is 0.211. The van der Waals surface area contributed by atoms with Crippen molar-refractivity contribution >= 4 is 25.2 Å². The number of allylic oxidation sites excluding steroid dienone is 2. The molecule has 0 amide bonds. The quantitative estimate of drug-likeness (QED) is 0.748. The van der Waals surface area contributed by atoms with E-state index in [1.54, 1.807) is 0 Å². The molecule has 2 heteroatoms. The molecule has 0 aliphatic heterocycles. The van der Waals surface area contributed by atoms with E-state index in [9.17, 15) is 4.79 Å². The fourth-order valence-corrected chi connectivity index (χ4v) is 3.64. The number of rotatable bonds is 2. The van der Waals surface area contributed by atoms with Crippen molar-refractivity contribution in [1.29, 1.82) is 0 Å². The molecular formula is C13H14OSe. The van der Waals surface area contributed by atoms with Gasteiger partial charge in [0, 0.05) is 0 Å². The van der Waals surface area contributed by atoms with Gasteiger partial charge in [-0.1, -0.05) is 0 Å². The molecule has 1 aliphatic carbocycles. The van der Waals surface area contributed by atoms with Crippen LogP contribution in [0.3, 0.4) is 0 Å². The maximum atomic E-state index is 11.8. The van der Waals surface area contributed by atoms with Crippen molar-refractivity contribution in [3.05, 3.63) is 40.9 Å². The third-order valence-electron chi connectivity index (χ3n) is 2.43. The minimum atomic E-state index is 0.211. The molecule has 0 radical (unpaired) electrons. The van der Waals surface area contributed by atoms with Crippen LogP contribution in [0.4, 0.5) is 0 Å². The van der Waals surface area contributed by atoms with Crippen LogP contribution >= 0.6 is 0 Å². The molecule has 0 saturated heterocycles. The molecule has 1 nitrogen and oxygen atoms in total. The predicted octanol–water partition coefficient (Wildman–Crippen LogP) is 2.04. The molecule has 0 N–H and O–H groups in total. The van der Waals surface area contributed by atoms with E-state index in [1.807, 2.05) is 18.2 Å². The molecule has 15 heavy (non-hydrogen) atoms. The van der Waals surface area contributed by atoms with Gasteiger partial charge in [0.2, 0.25) is 0 Å². The van der Waals surface area contributed by atoms with Crippen molar-refractivity contribution in [3.63, 3.8) is 0 Å². The van der Waals surface area contributed by atoms with Crippen molar-refractivity contribution < 1.29 is 4.79 Å². The Morgan fingerprint density at radius 3 is 2.67 bits per heavy atom. The van der Waals surface area contributed by atoms with E-state index in [0.717, 1.165) is 23.7 Å². The zero-order valence-electron chi connectivity index (χ0n) is 8.61. The first-order valence-corrected chi connectivity index (χ1v) is 7.04. The summed E-state index contributed by atoms with van der Waals surface area (Å²) in [7, 11) is 0. The fourth-order valence-electron chi connectivity index (χ4n) is 1.61. The van der Waals surface area contributed by atoms with Gasteiger partial charge in [0.1, 0.15) is 0 Å². The Bertz CT molecular complexity index is 367. The molecule has 0 aromatic heterocycles. The molecule has 0 atom stereocenters. The van der Waals surface area contributed by atoms with Crippen molar-refractivity contribution in [2.75, 3.05) is 0 Å². The Morgan fingerprint density at radius 1 is 1.07 bits per heavy atom. The molecule has 0 fully saturated rings. The fraction of sp³-hybridized carbons (Fsp3) is 0.308. The van der Waals surface area contributed by atoms with Crippen LogP contribution in [0.15, 0.2) is 40.9 Å². The molecule has 0 saturated carbocycles. The summed E-state index contributed by atoms with van der Waals surface area (Å²) in [5, 5.41) is 0. The molecule has 1 aromatic carbocycles. The first-order chi connectivity index (χ1) is 7.36. The molecule has 0 bridgehead atoms. The van der Waals surface area contributed by atoms with Gasteiger partial charge in [-0.15, -0.1) is 0 Å². The normalized spacial score (nSPS) is 17.1. The standard InChI is InChI=1S/C13H14OSe/c14-12-9-5-2-6-10-13(12)15-11-7-3-1-4-8-11/h1,3-4,7-8,10H,2,5-6,9H2. The predicted molar refractivity (Wildman–Crippen MR) is 63.4 cm³/mol. The first kappa shape index (κ1) is 10.7. The van der Waals surface area contributed by atoms with E-state index in [4.69, 9.17) is 0 Å². The van der Waals surface area contributed by atoms with Gasteiger partial charge < -0.3 is 0 Å². The third kappa shape index (κ3) is 3.05. The summed E-state index contributed by atoms with van der Waals surface area (Å²) < 4.78 is 2.37. The monoisotopic (exact) mass is 266 g/mol. The number of hydrogen-bond acceptors (Lipinski definition) is 1. The molecule has 78 valence electrons. The summed E-state index contributed by atoms with van der Waals surface area (Å²) in [4.78, 5) is 11.8. The van der Waals surface area contributed by atoms with Crippen molar-refractivity contribution in [2.45, 2.75) is 25.7 Å². The van der Waals surface area contributed by atoms with Crippen LogP contribution in [-0.2, 0) is 4.79 Å². The first-order valence-electron chi connectivity index (χ1n) is 5.32. The van der Waals surface area contributed by atoms with Crippen LogP contribution in [0.1, 0.15) is 25.7 Å². The molecule has 1 aliphatic rings. The zero-order chi connectivity index (χ0) is 10.5. The van der Waals surface area contributed by atoms with Gasteiger partial charge in [0.25, 0.3) is 0 Å². The second-order valence-electron chi connectivity index (χ2n) is 3.65. The van der Waals surface area contributed by atoms with Crippen molar-refractivity contribution in [3.8, 4) is 0 Å². The zero-order valence-corrected chi connectivity index (χ0v) is 10.3. The molecule has 0 spiro atoms. The minimum absolute atomic E-state index is 0.211. The van der Waals surface area contributed by atoms with Gasteiger partial charge in [0.15, 0.2) is 0 Å². The molecule has 2 rings (SSSR count). The van der Waals surface area contributed by atoms with Gasteiger partial charge in [-0.25, -0.2) is 0 Å². The van der Waals surface area contributed by atoms with E-state index in [2.05, 4.69) is 18.2 Å². The van der Waals surface area contributed by atoms with Crippen LogP contribution in [0.25, 0.3) is 0 Å². The number of benzene rings is 1. The average Bonchev–Trinajstić information content (AvgIpc) is 2.46. The maximum absolute atomic E-state index is 11.8. The number of carbonyl (C=O) groups is 1. The van der Waals surface area contributed by atoms with Crippen molar-refractivity contribution in [1.82, 2.24) is 0 Å². The Morgan fingerprint density at radius 2 is 1.87 bits per heavy atom. The Balaban J connectivity index is 2.10. The van der Waals surface area contributed by atoms with E-state index in [0.29, 0.717) is 5.78 Å². The summed E-state index contributed by atoms with van der Waals surface area (Å²) in [6.45, 7) is 0. The summed E-state index contributed by atoms with van der Waals surface area (Å²) in [5.41, 5.74) is 0. The SMILES string of the molecule is O=C1CCCCC=C1[Se]c1ccccc1. The van der Waals surface area contributed by atoms with Crippen LogP contribution in [0.2, 0.25) is 0 Å². The Labute approximate surface area is 96.7 Å². The molecule has 0 heterocycles. The molecule has 0 unspecified atom stereocenters. The Kier molecular flexibility index (Phi) is 3.76. The van der Waals surface area contributed by atoms with Crippen LogP contribution < -0.4 is 4.46 Å².